The van der Waals surface area contributed by atoms with Gasteiger partial charge in [-0.25, -0.2) is 8.42 Å². The molecule has 4 rings (SSSR count). The maximum atomic E-state index is 14.6. The molecule has 0 radical (unpaired) electrons. The van der Waals surface area contributed by atoms with E-state index in [1.165, 1.54) is 17.0 Å². The number of nitrogens with zero attached hydrogens (tertiary/aromatic N) is 2. The number of nitrogens with one attached hydrogen (secondary N) is 1. The number of halogens is 2. The van der Waals surface area contributed by atoms with Crippen LogP contribution in [0.5, 0.6) is 5.75 Å². The molecule has 11 heteroatoms. The lowest BCUT2D eigenvalue weighted by molar-refractivity contribution is -0.140. The molecular weight excluding hydrogens is 669 g/mol. The summed E-state index contributed by atoms with van der Waals surface area (Å²) in [5.74, 6) is -0.228. The number of anilines is 1. The van der Waals surface area contributed by atoms with E-state index in [0.717, 1.165) is 15.4 Å². The summed E-state index contributed by atoms with van der Waals surface area (Å²) in [6, 6.07) is 26.4. The standard InChI is InChI=1S/C37H41Cl2N3O5S/c1-5-47-31-16-18-32(19-17-31)48(45,46)42(30-14-11-27(4)12-15-30)25-36(43)41(24-29-13-20-33(38)34(39)21-29)35(37(44)40-23-26(2)3)22-28-9-7-6-8-10-28/h6-21,26,35H,5,22-25H2,1-4H3,(H,40,44). The molecule has 1 unspecified atom stereocenters. The Morgan fingerprint density at radius 2 is 1.52 bits per heavy atom. The van der Waals surface area contributed by atoms with Gasteiger partial charge < -0.3 is 15.0 Å². The second-order valence-electron chi connectivity index (χ2n) is 11.9. The van der Waals surface area contributed by atoms with E-state index < -0.39 is 28.5 Å². The van der Waals surface area contributed by atoms with Crippen molar-refractivity contribution in [2.45, 2.75) is 51.6 Å². The average Bonchev–Trinajstić information content (AvgIpc) is 3.07. The molecule has 1 N–H and O–H groups in total. The second-order valence-corrected chi connectivity index (χ2v) is 14.5. The molecule has 0 aliphatic heterocycles. The number of sulfonamides is 1. The molecule has 0 heterocycles. The number of benzene rings is 4. The van der Waals surface area contributed by atoms with Crippen LogP contribution in [-0.2, 0) is 32.6 Å². The molecule has 1 atom stereocenters. The van der Waals surface area contributed by atoms with Gasteiger partial charge in [-0.2, -0.15) is 0 Å². The first-order valence-corrected chi connectivity index (χ1v) is 18.0. The van der Waals surface area contributed by atoms with Crippen molar-refractivity contribution in [2.24, 2.45) is 5.92 Å². The third-order valence-corrected chi connectivity index (χ3v) is 10.1. The van der Waals surface area contributed by atoms with Gasteiger partial charge in [-0.05, 0) is 79.4 Å². The molecule has 0 spiro atoms. The molecule has 0 saturated carbocycles. The van der Waals surface area contributed by atoms with E-state index in [1.807, 2.05) is 58.0 Å². The van der Waals surface area contributed by atoms with E-state index >= 15 is 0 Å². The second kappa shape index (κ2) is 16.9. The SMILES string of the molecule is CCOc1ccc(S(=O)(=O)N(CC(=O)N(Cc2ccc(Cl)c(Cl)c2)C(Cc2ccccc2)C(=O)NCC(C)C)c2ccc(C)cc2)cc1. The van der Waals surface area contributed by atoms with E-state index in [1.54, 1.807) is 54.6 Å². The Kier molecular flexibility index (Phi) is 12.9. The van der Waals surface area contributed by atoms with Gasteiger partial charge in [0.25, 0.3) is 10.0 Å². The normalized spacial score (nSPS) is 12.0. The molecule has 0 saturated heterocycles. The van der Waals surface area contributed by atoms with E-state index in [4.69, 9.17) is 27.9 Å². The minimum atomic E-state index is -4.25. The van der Waals surface area contributed by atoms with Crippen molar-refractivity contribution in [3.05, 3.63) is 124 Å². The van der Waals surface area contributed by atoms with Crippen LogP contribution in [0.1, 0.15) is 37.5 Å². The van der Waals surface area contributed by atoms with Crippen LogP contribution in [0.4, 0.5) is 5.69 Å². The quantitative estimate of drug-likeness (QED) is 0.140. The molecular formula is C37H41Cl2N3O5S. The minimum absolute atomic E-state index is 0.00845. The highest BCUT2D eigenvalue weighted by molar-refractivity contribution is 7.92. The van der Waals surface area contributed by atoms with Gasteiger partial charge in [0.05, 0.1) is 27.2 Å². The van der Waals surface area contributed by atoms with Gasteiger partial charge in [-0.1, -0.05) is 91.1 Å². The van der Waals surface area contributed by atoms with Crippen LogP contribution in [0.15, 0.2) is 102 Å². The summed E-state index contributed by atoms with van der Waals surface area (Å²) in [4.78, 5) is 29.9. The number of hydrogen-bond donors (Lipinski definition) is 1. The van der Waals surface area contributed by atoms with Gasteiger partial charge in [0.2, 0.25) is 11.8 Å². The number of carbonyl (C=O) groups is 2. The minimum Gasteiger partial charge on any atom is -0.494 e. The number of aryl methyl sites for hydroxylation is 1. The maximum Gasteiger partial charge on any atom is 0.264 e. The summed E-state index contributed by atoms with van der Waals surface area (Å²) in [6.07, 6.45) is 0.202. The maximum absolute atomic E-state index is 14.6. The molecule has 4 aromatic carbocycles. The third kappa shape index (κ3) is 9.75. The van der Waals surface area contributed by atoms with Crippen molar-refractivity contribution in [1.29, 1.82) is 0 Å². The van der Waals surface area contributed by atoms with Gasteiger partial charge in [-0.3, -0.25) is 13.9 Å². The van der Waals surface area contributed by atoms with Crippen LogP contribution in [0.3, 0.4) is 0 Å². The monoisotopic (exact) mass is 709 g/mol. The largest absolute Gasteiger partial charge is 0.494 e. The number of ether oxygens (including phenoxy) is 1. The van der Waals surface area contributed by atoms with Crippen LogP contribution >= 0.6 is 23.2 Å². The Hall–Kier alpha value is -4.05. The van der Waals surface area contributed by atoms with Crippen molar-refractivity contribution in [2.75, 3.05) is 24.0 Å². The number of rotatable bonds is 15. The molecule has 2 amide bonds. The van der Waals surface area contributed by atoms with Crippen molar-refractivity contribution in [1.82, 2.24) is 10.2 Å². The van der Waals surface area contributed by atoms with Gasteiger partial charge >= 0.3 is 0 Å². The predicted molar refractivity (Wildman–Crippen MR) is 192 cm³/mol. The van der Waals surface area contributed by atoms with E-state index in [9.17, 15) is 18.0 Å². The van der Waals surface area contributed by atoms with Crippen molar-refractivity contribution < 1.29 is 22.7 Å². The van der Waals surface area contributed by atoms with Crippen molar-refractivity contribution in [3.8, 4) is 5.75 Å². The third-order valence-electron chi connectivity index (χ3n) is 7.62. The summed E-state index contributed by atoms with van der Waals surface area (Å²) in [7, 11) is -4.25. The zero-order chi connectivity index (χ0) is 34.8. The van der Waals surface area contributed by atoms with Crippen LogP contribution in [0.25, 0.3) is 0 Å². The molecule has 48 heavy (non-hydrogen) atoms. The molecule has 8 nitrogen and oxygen atoms in total. The van der Waals surface area contributed by atoms with E-state index in [2.05, 4.69) is 5.32 Å². The molecule has 4 aromatic rings. The fourth-order valence-electron chi connectivity index (χ4n) is 5.05. The Balaban J connectivity index is 1.80. The Morgan fingerprint density at radius 3 is 2.12 bits per heavy atom. The molecule has 0 bridgehead atoms. The fraction of sp³-hybridized carbons (Fsp3) is 0.297. The van der Waals surface area contributed by atoms with Gasteiger partial charge in [0.1, 0.15) is 18.3 Å². The first-order valence-electron chi connectivity index (χ1n) is 15.8. The topological polar surface area (TPSA) is 96.0 Å². The van der Waals surface area contributed by atoms with Crippen molar-refractivity contribution >= 4 is 50.7 Å². The van der Waals surface area contributed by atoms with Crippen LogP contribution in [-0.4, -0.2) is 50.9 Å². The summed E-state index contributed by atoms with van der Waals surface area (Å²) < 4.78 is 35.1. The molecule has 0 aliphatic carbocycles. The molecule has 0 aromatic heterocycles. The van der Waals surface area contributed by atoms with E-state index in [-0.39, 0.29) is 29.7 Å². The summed E-state index contributed by atoms with van der Waals surface area (Å²) in [5, 5.41) is 3.63. The summed E-state index contributed by atoms with van der Waals surface area (Å²) in [5.41, 5.74) is 2.70. The smallest absolute Gasteiger partial charge is 0.264 e. The first-order chi connectivity index (χ1) is 22.9. The highest BCUT2D eigenvalue weighted by Crippen LogP contribution is 2.28. The lowest BCUT2D eigenvalue weighted by Crippen LogP contribution is -2.53. The number of amides is 2. The van der Waals surface area contributed by atoms with Gasteiger partial charge in [0, 0.05) is 19.5 Å². The first kappa shape index (κ1) is 36.8. The number of carbonyl (C=O) groups excluding carboxylic acids is 2. The fourth-order valence-corrected chi connectivity index (χ4v) is 6.79. The molecule has 254 valence electrons. The van der Waals surface area contributed by atoms with Crippen LogP contribution in [0, 0.1) is 12.8 Å². The van der Waals surface area contributed by atoms with Crippen LogP contribution in [0.2, 0.25) is 10.0 Å². The van der Waals surface area contributed by atoms with Gasteiger partial charge in [-0.15, -0.1) is 0 Å². The Labute approximate surface area is 293 Å². The van der Waals surface area contributed by atoms with Crippen LogP contribution < -0.4 is 14.4 Å². The Morgan fingerprint density at radius 1 is 0.854 bits per heavy atom. The average molecular weight is 711 g/mol. The zero-order valence-electron chi connectivity index (χ0n) is 27.5. The summed E-state index contributed by atoms with van der Waals surface area (Å²) >= 11 is 12.6. The lowest BCUT2D eigenvalue weighted by Gasteiger charge is -2.34. The Bertz CT molecular complexity index is 1780. The highest BCUT2D eigenvalue weighted by Gasteiger charge is 2.34. The van der Waals surface area contributed by atoms with Gasteiger partial charge in [0.15, 0.2) is 0 Å². The predicted octanol–water partition coefficient (Wildman–Crippen LogP) is 7.31. The van der Waals surface area contributed by atoms with Crippen molar-refractivity contribution in [3.63, 3.8) is 0 Å². The zero-order valence-corrected chi connectivity index (χ0v) is 29.9. The lowest BCUT2D eigenvalue weighted by atomic mass is 10.0. The summed E-state index contributed by atoms with van der Waals surface area (Å²) in [6.45, 7) is 7.94. The molecule has 0 aliphatic rings. The molecule has 0 fully saturated rings. The highest BCUT2D eigenvalue weighted by atomic mass is 35.5. The van der Waals surface area contributed by atoms with E-state index in [0.29, 0.717) is 40.2 Å². The number of hydrogen-bond acceptors (Lipinski definition) is 5.